The monoisotopic (exact) mass is 303 g/mol. The van der Waals surface area contributed by atoms with Crippen molar-refractivity contribution in [2.45, 2.75) is 25.8 Å². The van der Waals surface area contributed by atoms with Crippen molar-refractivity contribution in [2.24, 2.45) is 0 Å². The molecule has 18 heavy (non-hydrogen) atoms. The highest BCUT2D eigenvalue weighted by Crippen LogP contribution is 2.32. The Morgan fingerprint density at radius 2 is 2.28 bits per heavy atom. The zero-order valence-electron chi connectivity index (χ0n) is 10.2. The molecule has 1 N–H and O–H groups in total. The summed E-state index contributed by atoms with van der Waals surface area (Å²) < 4.78 is 0.901. The molecule has 0 saturated carbocycles. The van der Waals surface area contributed by atoms with E-state index >= 15 is 0 Å². The average molecular weight is 304 g/mol. The van der Waals surface area contributed by atoms with Crippen LogP contribution in [0.1, 0.15) is 29.3 Å². The Labute approximate surface area is 115 Å². The molecule has 4 heteroatoms. The van der Waals surface area contributed by atoms with E-state index in [1.807, 2.05) is 25.4 Å². The molecule has 1 aliphatic carbocycles. The van der Waals surface area contributed by atoms with E-state index in [2.05, 4.69) is 43.3 Å². The molecule has 0 aliphatic heterocycles. The number of aromatic nitrogens is 2. The molecule has 0 spiro atoms. The molecule has 92 valence electrons. The summed E-state index contributed by atoms with van der Waals surface area (Å²) in [6, 6.07) is 6.59. The molecule has 0 fully saturated rings. The predicted octanol–water partition coefficient (Wildman–Crippen LogP) is 3.65. The minimum Gasteiger partial charge on any atom is -0.375 e. The van der Waals surface area contributed by atoms with Crippen LogP contribution in [-0.2, 0) is 6.42 Å². The second-order valence-corrected chi connectivity index (χ2v) is 5.37. The number of pyridine rings is 2. The van der Waals surface area contributed by atoms with E-state index in [-0.39, 0.29) is 0 Å². The van der Waals surface area contributed by atoms with Gasteiger partial charge in [-0.2, -0.15) is 0 Å². The number of hydrogen-bond donors (Lipinski definition) is 1. The molecule has 0 saturated heterocycles. The summed E-state index contributed by atoms with van der Waals surface area (Å²) in [7, 11) is 0. The summed E-state index contributed by atoms with van der Waals surface area (Å²) in [5, 5.41) is 3.52. The van der Waals surface area contributed by atoms with Crippen LogP contribution in [0.25, 0.3) is 0 Å². The fourth-order valence-corrected chi connectivity index (χ4v) is 2.61. The second-order valence-electron chi connectivity index (χ2n) is 4.62. The van der Waals surface area contributed by atoms with Crippen molar-refractivity contribution in [3.63, 3.8) is 0 Å². The fourth-order valence-electron chi connectivity index (χ4n) is 2.39. The van der Waals surface area contributed by atoms with Crippen molar-refractivity contribution in [2.75, 3.05) is 5.32 Å². The maximum absolute atomic E-state index is 4.48. The van der Waals surface area contributed by atoms with E-state index in [4.69, 9.17) is 0 Å². The van der Waals surface area contributed by atoms with Gasteiger partial charge >= 0.3 is 0 Å². The zero-order valence-corrected chi connectivity index (χ0v) is 11.7. The number of fused-ring (bicyclic) bond motifs is 1. The summed E-state index contributed by atoms with van der Waals surface area (Å²) in [4.78, 5) is 8.80. The Balaban J connectivity index is 1.84. The average Bonchev–Trinajstić information content (AvgIpc) is 2.78. The van der Waals surface area contributed by atoms with Gasteiger partial charge < -0.3 is 5.32 Å². The van der Waals surface area contributed by atoms with E-state index in [0.717, 1.165) is 28.7 Å². The topological polar surface area (TPSA) is 37.8 Å². The fraction of sp³-hybridized carbons (Fsp3) is 0.286. The highest BCUT2D eigenvalue weighted by Gasteiger charge is 2.23. The van der Waals surface area contributed by atoms with Gasteiger partial charge in [0.05, 0.1) is 23.6 Å². The highest BCUT2D eigenvalue weighted by atomic mass is 79.9. The molecular formula is C14H14BrN3. The van der Waals surface area contributed by atoms with Crippen LogP contribution in [0.5, 0.6) is 0 Å². The van der Waals surface area contributed by atoms with Crippen LogP contribution >= 0.6 is 15.9 Å². The molecule has 1 unspecified atom stereocenters. The minimum absolute atomic E-state index is 0.309. The molecular weight excluding hydrogens is 290 g/mol. The molecule has 2 aromatic heterocycles. The predicted molar refractivity (Wildman–Crippen MR) is 75.6 cm³/mol. The van der Waals surface area contributed by atoms with Crippen LogP contribution in [0.3, 0.4) is 0 Å². The number of nitrogens with one attached hydrogen (secondary N) is 1. The maximum atomic E-state index is 4.48. The van der Waals surface area contributed by atoms with E-state index in [1.165, 1.54) is 11.3 Å². The lowest BCUT2D eigenvalue weighted by atomic mass is 10.2. The molecule has 3 nitrogen and oxygen atoms in total. The Kier molecular flexibility index (Phi) is 3.04. The summed E-state index contributed by atoms with van der Waals surface area (Å²) in [6.45, 7) is 2.04. The van der Waals surface area contributed by atoms with Crippen LogP contribution in [0.4, 0.5) is 5.69 Å². The van der Waals surface area contributed by atoms with Gasteiger partial charge in [-0.3, -0.25) is 4.98 Å². The maximum Gasteiger partial charge on any atom is 0.109 e. The summed E-state index contributed by atoms with van der Waals surface area (Å²) in [5.74, 6) is 0. The molecule has 0 bridgehead atoms. The normalized spacial score (nSPS) is 17.6. The van der Waals surface area contributed by atoms with Gasteiger partial charge in [-0.25, -0.2) is 4.98 Å². The largest absolute Gasteiger partial charge is 0.375 e. The first-order valence-corrected chi connectivity index (χ1v) is 6.86. The number of nitrogens with zero attached hydrogens (tertiary/aromatic N) is 2. The Morgan fingerprint density at radius 3 is 3.11 bits per heavy atom. The Bertz CT molecular complexity index is 583. The summed E-state index contributed by atoms with van der Waals surface area (Å²) in [5.41, 5.74) is 4.73. The zero-order chi connectivity index (χ0) is 12.5. The van der Waals surface area contributed by atoms with Crippen LogP contribution in [0.2, 0.25) is 0 Å². The van der Waals surface area contributed by atoms with Gasteiger partial charge in [-0.15, -0.1) is 0 Å². The van der Waals surface area contributed by atoms with Gasteiger partial charge in [-0.1, -0.05) is 6.07 Å². The van der Waals surface area contributed by atoms with Crippen molar-refractivity contribution in [3.8, 4) is 0 Å². The quantitative estimate of drug-likeness (QED) is 0.861. The number of anilines is 1. The standard InChI is InChI=1S/C14H14BrN3/c1-9-7-11(8-17-14(9)15)18-12-5-4-10-3-2-6-16-13(10)12/h2-3,6-8,12,18H,4-5H2,1H3. The second kappa shape index (κ2) is 4.69. The minimum atomic E-state index is 0.309. The van der Waals surface area contributed by atoms with E-state index in [9.17, 15) is 0 Å². The lowest BCUT2D eigenvalue weighted by molar-refractivity contribution is 0.745. The SMILES string of the molecule is Cc1cc(NC2CCc3cccnc32)cnc1Br. The van der Waals surface area contributed by atoms with Crippen molar-refractivity contribution < 1.29 is 0 Å². The van der Waals surface area contributed by atoms with Crippen LogP contribution in [0.15, 0.2) is 35.2 Å². The number of aryl methyl sites for hydroxylation is 2. The van der Waals surface area contributed by atoms with Crippen LogP contribution in [-0.4, -0.2) is 9.97 Å². The Morgan fingerprint density at radius 1 is 1.39 bits per heavy atom. The van der Waals surface area contributed by atoms with E-state index in [0.29, 0.717) is 6.04 Å². The van der Waals surface area contributed by atoms with Crippen LogP contribution < -0.4 is 5.32 Å². The van der Waals surface area contributed by atoms with E-state index in [1.54, 1.807) is 0 Å². The summed E-state index contributed by atoms with van der Waals surface area (Å²) in [6.07, 6.45) is 5.92. The molecule has 0 aromatic carbocycles. The molecule has 2 aromatic rings. The lowest BCUT2D eigenvalue weighted by Gasteiger charge is -2.14. The highest BCUT2D eigenvalue weighted by molar-refractivity contribution is 9.10. The molecule has 1 atom stereocenters. The molecule has 1 aliphatic rings. The van der Waals surface area contributed by atoms with E-state index < -0.39 is 0 Å². The van der Waals surface area contributed by atoms with Gasteiger partial charge in [0.1, 0.15) is 4.60 Å². The van der Waals surface area contributed by atoms with Crippen LogP contribution in [0, 0.1) is 6.92 Å². The first-order chi connectivity index (χ1) is 8.74. The van der Waals surface area contributed by atoms with Gasteiger partial charge in [0.2, 0.25) is 0 Å². The number of halogens is 1. The third kappa shape index (κ3) is 2.12. The summed E-state index contributed by atoms with van der Waals surface area (Å²) >= 11 is 3.42. The van der Waals surface area contributed by atoms with Gasteiger partial charge in [0.25, 0.3) is 0 Å². The first kappa shape index (κ1) is 11.7. The van der Waals surface area contributed by atoms with Crippen molar-refractivity contribution in [3.05, 3.63) is 52.0 Å². The Hall–Kier alpha value is -1.42. The molecule has 0 radical (unpaired) electrons. The number of rotatable bonds is 2. The molecule has 0 amide bonds. The third-order valence-corrected chi connectivity index (χ3v) is 4.14. The molecule has 3 rings (SSSR count). The van der Waals surface area contributed by atoms with Crippen molar-refractivity contribution >= 4 is 21.6 Å². The molecule has 2 heterocycles. The third-order valence-electron chi connectivity index (χ3n) is 3.31. The van der Waals surface area contributed by atoms with Crippen molar-refractivity contribution in [1.82, 2.24) is 9.97 Å². The number of hydrogen-bond acceptors (Lipinski definition) is 3. The smallest absolute Gasteiger partial charge is 0.109 e. The van der Waals surface area contributed by atoms with Crippen molar-refractivity contribution in [1.29, 1.82) is 0 Å². The van der Waals surface area contributed by atoms with Gasteiger partial charge in [0, 0.05) is 6.20 Å². The lowest BCUT2D eigenvalue weighted by Crippen LogP contribution is -2.09. The van der Waals surface area contributed by atoms with Gasteiger partial charge in [0.15, 0.2) is 0 Å². The first-order valence-electron chi connectivity index (χ1n) is 6.06. The van der Waals surface area contributed by atoms with Gasteiger partial charge in [-0.05, 0) is 59.0 Å².